The first-order chi connectivity index (χ1) is 7.44. The van der Waals surface area contributed by atoms with Gasteiger partial charge in [0, 0.05) is 10.9 Å². The first-order valence-corrected chi connectivity index (χ1v) is 6.83. The van der Waals surface area contributed by atoms with Gasteiger partial charge in [0.25, 0.3) is 0 Å². The number of hydrogen-bond acceptors (Lipinski definition) is 1. The highest BCUT2D eigenvalue weighted by molar-refractivity contribution is 9.08. The third-order valence-electron chi connectivity index (χ3n) is 2.54. The first-order valence-electron chi connectivity index (χ1n) is 5.71. The molecule has 16 heavy (non-hydrogen) atoms. The summed E-state index contributed by atoms with van der Waals surface area (Å²) < 4.78 is 5.90. The maximum absolute atomic E-state index is 5.90. The summed E-state index contributed by atoms with van der Waals surface area (Å²) in [5, 5.41) is 0.847. The Balaban J connectivity index is 2.66. The predicted molar refractivity (Wildman–Crippen MR) is 73.4 cm³/mol. The Morgan fingerprint density at radius 2 is 1.94 bits per heavy atom. The summed E-state index contributed by atoms with van der Waals surface area (Å²) in [6.07, 6.45) is 1.07. The van der Waals surface area contributed by atoms with Crippen LogP contribution in [-0.4, -0.2) is 6.61 Å². The fourth-order valence-electron chi connectivity index (χ4n) is 1.48. The lowest BCUT2D eigenvalue weighted by molar-refractivity contribution is 0.240. The van der Waals surface area contributed by atoms with Crippen molar-refractivity contribution in [3.63, 3.8) is 0 Å². The fourth-order valence-corrected chi connectivity index (χ4v) is 1.93. The van der Waals surface area contributed by atoms with Gasteiger partial charge in [-0.3, -0.25) is 0 Å². The van der Waals surface area contributed by atoms with Crippen molar-refractivity contribution in [3.05, 3.63) is 29.3 Å². The highest BCUT2D eigenvalue weighted by atomic mass is 79.9. The quantitative estimate of drug-likeness (QED) is 0.728. The van der Waals surface area contributed by atoms with Crippen LogP contribution in [0.3, 0.4) is 0 Å². The maximum atomic E-state index is 5.90. The summed E-state index contributed by atoms with van der Waals surface area (Å²) in [7, 11) is 0. The van der Waals surface area contributed by atoms with Crippen LogP contribution < -0.4 is 4.74 Å². The number of rotatable bonds is 4. The highest BCUT2D eigenvalue weighted by Gasteiger charge is 2.11. The van der Waals surface area contributed by atoms with Crippen LogP contribution in [0.5, 0.6) is 5.75 Å². The number of ether oxygens (including phenoxy) is 1. The van der Waals surface area contributed by atoms with Crippen molar-refractivity contribution >= 4 is 15.9 Å². The molecule has 0 atom stereocenters. The second kappa shape index (κ2) is 5.72. The molecule has 0 unspecified atom stereocenters. The number of hydrogen-bond donors (Lipinski definition) is 0. The van der Waals surface area contributed by atoms with Crippen molar-refractivity contribution in [1.82, 2.24) is 0 Å². The Labute approximate surface area is 107 Å². The van der Waals surface area contributed by atoms with E-state index in [4.69, 9.17) is 4.74 Å². The average Bonchev–Trinajstić information content (AvgIpc) is 2.18. The zero-order valence-electron chi connectivity index (χ0n) is 10.6. The topological polar surface area (TPSA) is 9.23 Å². The van der Waals surface area contributed by atoms with Crippen LogP contribution in [0.2, 0.25) is 0 Å². The van der Waals surface area contributed by atoms with E-state index in [0.29, 0.717) is 5.41 Å². The SMILES string of the molecule is Cc1cccc(CBr)c1OCCC(C)(C)C. The van der Waals surface area contributed by atoms with E-state index >= 15 is 0 Å². The monoisotopic (exact) mass is 284 g/mol. The fraction of sp³-hybridized carbons (Fsp3) is 0.571. The summed E-state index contributed by atoms with van der Waals surface area (Å²) in [4.78, 5) is 0. The van der Waals surface area contributed by atoms with Crippen LogP contribution in [0, 0.1) is 12.3 Å². The molecule has 0 aromatic heterocycles. The van der Waals surface area contributed by atoms with E-state index in [1.54, 1.807) is 0 Å². The van der Waals surface area contributed by atoms with Gasteiger partial charge in [0.15, 0.2) is 0 Å². The van der Waals surface area contributed by atoms with Crippen LogP contribution in [0.1, 0.15) is 38.3 Å². The van der Waals surface area contributed by atoms with E-state index in [2.05, 4.69) is 61.8 Å². The van der Waals surface area contributed by atoms with Crippen molar-refractivity contribution in [2.45, 2.75) is 39.4 Å². The van der Waals surface area contributed by atoms with Gasteiger partial charge in [-0.2, -0.15) is 0 Å². The van der Waals surface area contributed by atoms with Crippen molar-refractivity contribution in [2.75, 3.05) is 6.61 Å². The normalized spacial score (nSPS) is 11.6. The highest BCUT2D eigenvalue weighted by Crippen LogP contribution is 2.27. The van der Waals surface area contributed by atoms with Gasteiger partial charge in [-0.15, -0.1) is 0 Å². The zero-order chi connectivity index (χ0) is 12.2. The third-order valence-corrected chi connectivity index (χ3v) is 3.14. The number of para-hydroxylation sites is 1. The van der Waals surface area contributed by atoms with Gasteiger partial charge < -0.3 is 4.74 Å². The van der Waals surface area contributed by atoms with Gasteiger partial charge in [-0.05, 0) is 24.3 Å². The molecule has 0 aliphatic rings. The largest absolute Gasteiger partial charge is 0.493 e. The molecule has 2 heteroatoms. The van der Waals surface area contributed by atoms with Gasteiger partial charge in [-0.1, -0.05) is 54.9 Å². The molecule has 90 valence electrons. The smallest absolute Gasteiger partial charge is 0.126 e. The molecule has 1 aromatic rings. The molecule has 0 fully saturated rings. The van der Waals surface area contributed by atoms with Crippen molar-refractivity contribution in [2.24, 2.45) is 5.41 Å². The van der Waals surface area contributed by atoms with Crippen LogP contribution in [0.15, 0.2) is 18.2 Å². The number of benzene rings is 1. The summed E-state index contributed by atoms with van der Waals surface area (Å²) in [6.45, 7) is 9.59. The van der Waals surface area contributed by atoms with E-state index in [0.717, 1.165) is 24.1 Å². The van der Waals surface area contributed by atoms with Gasteiger partial charge in [0.05, 0.1) is 6.61 Å². The maximum Gasteiger partial charge on any atom is 0.126 e. The van der Waals surface area contributed by atoms with Gasteiger partial charge in [-0.25, -0.2) is 0 Å². The van der Waals surface area contributed by atoms with E-state index in [9.17, 15) is 0 Å². The standard InChI is InChI=1S/C14H21BrO/c1-11-6-5-7-12(10-15)13(11)16-9-8-14(2,3)4/h5-7H,8-10H2,1-4H3. The van der Waals surface area contributed by atoms with Crippen LogP contribution in [-0.2, 0) is 5.33 Å². The third kappa shape index (κ3) is 4.17. The lowest BCUT2D eigenvalue weighted by atomic mass is 9.93. The summed E-state index contributed by atoms with van der Waals surface area (Å²) in [5.41, 5.74) is 2.77. The van der Waals surface area contributed by atoms with E-state index in [-0.39, 0.29) is 0 Å². The van der Waals surface area contributed by atoms with Crippen molar-refractivity contribution in [3.8, 4) is 5.75 Å². The minimum Gasteiger partial charge on any atom is -0.493 e. The predicted octanol–water partition coefficient (Wildman–Crippen LogP) is 4.70. The Bertz CT molecular complexity index is 339. The second-order valence-corrected chi connectivity index (χ2v) is 5.92. The van der Waals surface area contributed by atoms with Crippen molar-refractivity contribution in [1.29, 1.82) is 0 Å². The molecule has 0 bridgehead atoms. The molecular formula is C14H21BrO. The molecule has 0 aliphatic carbocycles. The summed E-state index contributed by atoms with van der Waals surface area (Å²) >= 11 is 3.49. The molecule has 1 nitrogen and oxygen atoms in total. The lowest BCUT2D eigenvalue weighted by Crippen LogP contribution is -2.12. The van der Waals surface area contributed by atoms with Crippen LogP contribution in [0.4, 0.5) is 0 Å². The lowest BCUT2D eigenvalue weighted by Gasteiger charge is -2.19. The molecule has 0 spiro atoms. The Morgan fingerprint density at radius 3 is 2.50 bits per heavy atom. The number of halogens is 1. The molecular weight excluding hydrogens is 264 g/mol. The molecule has 1 aromatic carbocycles. The minimum absolute atomic E-state index is 0.331. The van der Waals surface area contributed by atoms with E-state index in [1.807, 2.05) is 0 Å². The van der Waals surface area contributed by atoms with E-state index in [1.165, 1.54) is 11.1 Å². The number of alkyl halides is 1. The van der Waals surface area contributed by atoms with Crippen LogP contribution >= 0.6 is 15.9 Å². The first kappa shape index (κ1) is 13.6. The zero-order valence-corrected chi connectivity index (χ0v) is 12.2. The number of aryl methyl sites for hydroxylation is 1. The average molecular weight is 285 g/mol. The molecule has 0 N–H and O–H groups in total. The summed E-state index contributed by atoms with van der Waals surface area (Å²) in [6, 6.07) is 6.27. The molecule has 0 saturated carbocycles. The minimum atomic E-state index is 0.331. The molecule has 0 heterocycles. The molecule has 1 rings (SSSR count). The summed E-state index contributed by atoms with van der Waals surface area (Å²) in [5.74, 6) is 1.05. The molecule has 0 aliphatic heterocycles. The van der Waals surface area contributed by atoms with E-state index < -0.39 is 0 Å². The Hall–Kier alpha value is -0.500. The molecule has 0 saturated heterocycles. The Kier molecular flexibility index (Phi) is 4.85. The second-order valence-electron chi connectivity index (χ2n) is 5.36. The Morgan fingerprint density at radius 1 is 1.25 bits per heavy atom. The van der Waals surface area contributed by atoms with Gasteiger partial charge >= 0.3 is 0 Å². The molecule has 0 radical (unpaired) electrons. The van der Waals surface area contributed by atoms with Gasteiger partial charge in [0.1, 0.15) is 5.75 Å². The van der Waals surface area contributed by atoms with Crippen molar-refractivity contribution < 1.29 is 4.74 Å². The molecule has 0 amide bonds. The van der Waals surface area contributed by atoms with Gasteiger partial charge in [0.2, 0.25) is 0 Å². The van der Waals surface area contributed by atoms with Crippen LogP contribution in [0.25, 0.3) is 0 Å².